The van der Waals surface area contributed by atoms with E-state index in [1.165, 1.54) is 4.90 Å². The number of benzene rings is 3. The van der Waals surface area contributed by atoms with Gasteiger partial charge >= 0.3 is 0 Å². The number of carbonyl (C=O) groups is 2. The quantitative estimate of drug-likeness (QED) is 0.188. The van der Waals surface area contributed by atoms with Crippen LogP contribution in [0.3, 0.4) is 0 Å². The van der Waals surface area contributed by atoms with E-state index >= 15 is 0 Å². The number of amides is 1. The number of aliphatic hydroxyl groups is 1. The summed E-state index contributed by atoms with van der Waals surface area (Å²) in [6, 6.07) is 22.6. The van der Waals surface area contributed by atoms with Crippen molar-refractivity contribution in [2.45, 2.75) is 39.3 Å². The van der Waals surface area contributed by atoms with Gasteiger partial charge in [0, 0.05) is 12.1 Å². The maximum atomic E-state index is 13.3. The number of nitrogens with zero attached hydrogens (tertiary/aromatic N) is 1. The minimum atomic E-state index is -0.805. The Balaban J connectivity index is 1.73. The lowest BCUT2D eigenvalue weighted by atomic mass is 9.95. The van der Waals surface area contributed by atoms with Gasteiger partial charge in [0.05, 0.1) is 30.9 Å². The van der Waals surface area contributed by atoms with Gasteiger partial charge in [-0.1, -0.05) is 37.3 Å². The first kappa shape index (κ1) is 26.9. The number of para-hydroxylation sites is 1. The maximum Gasteiger partial charge on any atom is 0.295 e. The van der Waals surface area contributed by atoms with Crippen molar-refractivity contribution in [2.24, 2.45) is 0 Å². The molecule has 1 N–H and O–H groups in total. The summed E-state index contributed by atoms with van der Waals surface area (Å²) in [5, 5.41) is 11.3. The Morgan fingerprint density at radius 2 is 1.61 bits per heavy atom. The van der Waals surface area contributed by atoms with Crippen molar-refractivity contribution >= 4 is 17.4 Å². The molecule has 0 aromatic heterocycles. The highest BCUT2D eigenvalue weighted by Gasteiger charge is 2.46. The van der Waals surface area contributed by atoms with Gasteiger partial charge in [-0.3, -0.25) is 9.59 Å². The molecule has 198 valence electrons. The average Bonchev–Trinajstić information content (AvgIpc) is 3.17. The molecule has 0 aliphatic carbocycles. The summed E-state index contributed by atoms with van der Waals surface area (Å²) >= 11 is 0. The second-order valence-electron chi connectivity index (χ2n) is 9.27. The molecule has 1 amide bonds. The predicted octanol–water partition coefficient (Wildman–Crippen LogP) is 6.11. The molecule has 1 heterocycles. The molecule has 3 aromatic carbocycles. The van der Waals surface area contributed by atoms with Gasteiger partial charge in [-0.15, -0.1) is 0 Å². The minimum absolute atomic E-state index is 0.0265. The van der Waals surface area contributed by atoms with Crippen molar-refractivity contribution in [3.63, 3.8) is 0 Å². The largest absolute Gasteiger partial charge is 0.507 e. The zero-order valence-corrected chi connectivity index (χ0v) is 21.9. The maximum absolute atomic E-state index is 13.3. The van der Waals surface area contributed by atoms with Crippen LogP contribution in [0.25, 0.3) is 5.76 Å². The average molecular weight is 516 g/mol. The zero-order chi connectivity index (χ0) is 27.1. The van der Waals surface area contributed by atoms with E-state index in [0.29, 0.717) is 35.0 Å². The molecule has 1 aliphatic rings. The first-order valence-corrected chi connectivity index (χ1v) is 12.8. The fraction of sp³-hybridized carbons (Fsp3) is 0.290. The Bertz CT molecular complexity index is 1280. The van der Waals surface area contributed by atoms with E-state index in [1.54, 1.807) is 42.5 Å². The minimum Gasteiger partial charge on any atom is -0.507 e. The first-order chi connectivity index (χ1) is 18.4. The van der Waals surface area contributed by atoms with Crippen molar-refractivity contribution in [3.05, 3.63) is 95.6 Å². The number of Topliss-reactive ketones (excluding diaryl/α,β-unsaturated/α-hetero) is 1. The molecule has 0 saturated carbocycles. The van der Waals surface area contributed by atoms with Gasteiger partial charge in [0.25, 0.3) is 11.7 Å². The van der Waals surface area contributed by atoms with E-state index < -0.39 is 17.7 Å². The molecule has 1 aliphatic heterocycles. The molecule has 0 spiro atoms. The van der Waals surface area contributed by atoms with Crippen molar-refractivity contribution in [1.29, 1.82) is 0 Å². The molecule has 7 nitrogen and oxygen atoms in total. The van der Waals surface area contributed by atoms with Gasteiger partial charge < -0.3 is 24.2 Å². The smallest absolute Gasteiger partial charge is 0.295 e. The number of ketones is 1. The molecule has 0 bridgehead atoms. The van der Waals surface area contributed by atoms with Gasteiger partial charge in [0.15, 0.2) is 0 Å². The van der Waals surface area contributed by atoms with Gasteiger partial charge in [0.2, 0.25) is 0 Å². The van der Waals surface area contributed by atoms with E-state index in [4.69, 9.17) is 14.2 Å². The van der Waals surface area contributed by atoms with E-state index in [0.717, 1.165) is 6.42 Å². The fourth-order valence-electron chi connectivity index (χ4n) is 4.30. The summed E-state index contributed by atoms with van der Waals surface area (Å²) < 4.78 is 17.3. The van der Waals surface area contributed by atoms with Gasteiger partial charge in [-0.2, -0.15) is 0 Å². The van der Waals surface area contributed by atoms with Crippen LogP contribution < -0.4 is 9.47 Å². The summed E-state index contributed by atoms with van der Waals surface area (Å²) in [7, 11) is 0. The third kappa shape index (κ3) is 6.23. The Kier molecular flexibility index (Phi) is 8.81. The van der Waals surface area contributed by atoms with Crippen LogP contribution in [0.2, 0.25) is 0 Å². The Hall–Kier alpha value is -4.10. The molecular formula is C31H33NO6. The van der Waals surface area contributed by atoms with Gasteiger partial charge in [-0.25, -0.2) is 0 Å². The molecule has 7 heteroatoms. The molecule has 1 fully saturated rings. The lowest BCUT2D eigenvalue weighted by Crippen LogP contribution is -2.33. The highest BCUT2D eigenvalue weighted by molar-refractivity contribution is 6.46. The molecule has 4 rings (SSSR count). The molecule has 1 unspecified atom stereocenters. The zero-order valence-electron chi connectivity index (χ0n) is 21.9. The van der Waals surface area contributed by atoms with Crippen LogP contribution in [0.5, 0.6) is 17.2 Å². The van der Waals surface area contributed by atoms with Crippen LogP contribution in [-0.4, -0.2) is 47.6 Å². The highest BCUT2D eigenvalue weighted by atomic mass is 16.5. The van der Waals surface area contributed by atoms with Crippen molar-refractivity contribution in [2.75, 3.05) is 19.8 Å². The summed E-state index contributed by atoms with van der Waals surface area (Å²) in [6.07, 6.45) is 0.847. The first-order valence-electron chi connectivity index (χ1n) is 12.8. The van der Waals surface area contributed by atoms with E-state index in [9.17, 15) is 14.7 Å². The molecular weight excluding hydrogens is 482 g/mol. The molecule has 0 radical (unpaired) electrons. The van der Waals surface area contributed by atoms with Crippen LogP contribution in [0, 0.1) is 0 Å². The van der Waals surface area contributed by atoms with Crippen molar-refractivity contribution < 1.29 is 28.9 Å². The highest BCUT2D eigenvalue weighted by Crippen LogP contribution is 2.40. The number of aliphatic hydroxyl groups excluding tert-OH is 1. The third-order valence-corrected chi connectivity index (χ3v) is 6.08. The lowest BCUT2D eigenvalue weighted by Gasteiger charge is -2.26. The number of rotatable bonds is 11. The number of likely N-dealkylation sites (tertiary alicyclic amines) is 1. The van der Waals surface area contributed by atoms with Gasteiger partial charge in [-0.05, 0) is 74.4 Å². The van der Waals surface area contributed by atoms with E-state index in [2.05, 4.69) is 0 Å². The summed E-state index contributed by atoms with van der Waals surface area (Å²) in [5.41, 5.74) is 1.09. The fourth-order valence-corrected chi connectivity index (χ4v) is 4.30. The summed E-state index contributed by atoms with van der Waals surface area (Å²) in [6.45, 7) is 6.86. The van der Waals surface area contributed by atoms with Crippen LogP contribution in [0.1, 0.15) is 44.4 Å². The van der Waals surface area contributed by atoms with E-state index in [1.807, 2.05) is 57.2 Å². The van der Waals surface area contributed by atoms with Crippen LogP contribution in [0.4, 0.5) is 0 Å². The van der Waals surface area contributed by atoms with Crippen LogP contribution >= 0.6 is 0 Å². The molecule has 1 atom stereocenters. The number of hydrogen-bond acceptors (Lipinski definition) is 6. The molecule has 3 aromatic rings. The second-order valence-corrected chi connectivity index (χ2v) is 9.27. The Morgan fingerprint density at radius 3 is 2.29 bits per heavy atom. The summed E-state index contributed by atoms with van der Waals surface area (Å²) in [5.74, 6) is 0.220. The molecule has 1 saturated heterocycles. The normalized spacial score (nSPS) is 16.7. The van der Waals surface area contributed by atoms with Gasteiger partial charge in [0.1, 0.15) is 23.0 Å². The standard InChI is InChI=1S/C31H33NO6/c1-4-18-37-24-15-13-22(14-16-24)29(33)27-28(32(31(35)30(27)34)17-19-36-21(2)3)23-9-8-12-26(20-23)38-25-10-6-5-7-11-25/h5-16,20-21,28,33H,4,17-19H2,1-3H3/b29-27-. The van der Waals surface area contributed by atoms with Crippen LogP contribution in [-0.2, 0) is 14.3 Å². The summed E-state index contributed by atoms with van der Waals surface area (Å²) in [4.78, 5) is 27.9. The monoisotopic (exact) mass is 515 g/mol. The second kappa shape index (κ2) is 12.4. The number of carbonyl (C=O) groups excluding carboxylic acids is 2. The lowest BCUT2D eigenvalue weighted by molar-refractivity contribution is -0.140. The topological polar surface area (TPSA) is 85.3 Å². The third-order valence-electron chi connectivity index (χ3n) is 6.08. The Morgan fingerprint density at radius 1 is 0.895 bits per heavy atom. The Labute approximate surface area is 223 Å². The van der Waals surface area contributed by atoms with Crippen molar-refractivity contribution in [1.82, 2.24) is 4.90 Å². The SMILES string of the molecule is CCCOc1ccc(/C(O)=C2/C(=O)C(=O)N(CCOC(C)C)C2c2cccc(Oc3ccccc3)c2)cc1. The van der Waals surface area contributed by atoms with Crippen LogP contribution in [0.15, 0.2) is 84.4 Å². The number of ether oxygens (including phenoxy) is 3. The predicted molar refractivity (Wildman–Crippen MR) is 145 cm³/mol. The molecule has 38 heavy (non-hydrogen) atoms. The number of hydrogen-bond donors (Lipinski definition) is 1. The van der Waals surface area contributed by atoms with Crippen molar-refractivity contribution in [3.8, 4) is 17.2 Å². The van der Waals surface area contributed by atoms with E-state index in [-0.39, 0.29) is 30.6 Å².